The maximum Gasteiger partial charge on any atom is 0.142 e. The molecule has 2 rings (SSSR count). The van der Waals surface area contributed by atoms with Gasteiger partial charge in [0, 0.05) is 23.6 Å². The third-order valence-electron chi connectivity index (χ3n) is 2.85. The molecule has 0 spiro atoms. The van der Waals surface area contributed by atoms with E-state index in [0.717, 1.165) is 17.7 Å². The normalized spacial score (nSPS) is 10.4. The van der Waals surface area contributed by atoms with Crippen molar-refractivity contribution < 1.29 is 9.47 Å². The summed E-state index contributed by atoms with van der Waals surface area (Å²) in [6.45, 7) is 1.41. The van der Waals surface area contributed by atoms with Gasteiger partial charge in [0.15, 0.2) is 0 Å². The largest absolute Gasteiger partial charge is 0.493 e. The van der Waals surface area contributed by atoms with Gasteiger partial charge in [-0.3, -0.25) is 0 Å². The van der Waals surface area contributed by atoms with Crippen molar-refractivity contribution in [3.63, 3.8) is 0 Å². The summed E-state index contributed by atoms with van der Waals surface area (Å²) in [7, 11) is 0. The Labute approximate surface area is 134 Å². The maximum absolute atomic E-state index is 6.13. The SMILES string of the molecule is NCc1cc(Cl)cc(Cl)c1OCCCOc1ccccc1. The van der Waals surface area contributed by atoms with Gasteiger partial charge in [-0.15, -0.1) is 0 Å². The molecule has 0 bridgehead atoms. The van der Waals surface area contributed by atoms with Crippen LogP contribution in [0.1, 0.15) is 12.0 Å². The van der Waals surface area contributed by atoms with Crippen molar-refractivity contribution in [2.75, 3.05) is 13.2 Å². The van der Waals surface area contributed by atoms with E-state index in [1.807, 2.05) is 30.3 Å². The van der Waals surface area contributed by atoms with Gasteiger partial charge < -0.3 is 15.2 Å². The molecule has 0 aliphatic heterocycles. The van der Waals surface area contributed by atoms with Crippen molar-refractivity contribution in [3.05, 3.63) is 58.1 Å². The predicted octanol–water partition coefficient (Wildman–Crippen LogP) is 4.30. The minimum atomic E-state index is 0.329. The molecule has 0 radical (unpaired) electrons. The van der Waals surface area contributed by atoms with Gasteiger partial charge >= 0.3 is 0 Å². The first-order valence-electron chi connectivity index (χ1n) is 6.69. The summed E-state index contributed by atoms with van der Waals surface area (Å²) < 4.78 is 11.3. The number of hydrogen-bond donors (Lipinski definition) is 1. The van der Waals surface area contributed by atoms with Gasteiger partial charge in [0.2, 0.25) is 0 Å². The molecule has 0 atom stereocenters. The highest BCUT2D eigenvalue weighted by Crippen LogP contribution is 2.32. The quantitative estimate of drug-likeness (QED) is 0.772. The number of benzene rings is 2. The summed E-state index contributed by atoms with van der Waals surface area (Å²) in [5, 5.41) is 1.03. The lowest BCUT2D eigenvalue weighted by Crippen LogP contribution is -2.08. The van der Waals surface area contributed by atoms with E-state index in [-0.39, 0.29) is 0 Å². The lowest BCUT2D eigenvalue weighted by molar-refractivity contribution is 0.246. The highest BCUT2D eigenvalue weighted by Gasteiger charge is 2.09. The number of nitrogens with two attached hydrogens (primary N) is 1. The second kappa shape index (κ2) is 8.13. The molecule has 2 aromatic rings. The third kappa shape index (κ3) is 4.81. The summed E-state index contributed by atoms with van der Waals surface area (Å²) in [6.07, 6.45) is 0.748. The number of rotatable bonds is 7. The van der Waals surface area contributed by atoms with E-state index in [2.05, 4.69) is 0 Å². The van der Waals surface area contributed by atoms with Crippen molar-refractivity contribution in [2.24, 2.45) is 5.73 Å². The van der Waals surface area contributed by atoms with E-state index in [4.69, 9.17) is 38.4 Å². The van der Waals surface area contributed by atoms with Crippen LogP contribution in [0.15, 0.2) is 42.5 Å². The standard InChI is InChI=1S/C16H17Cl2NO2/c17-13-9-12(11-19)16(15(18)10-13)21-8-4-7-20-14-5-2-1-3-6-14/h1-3,5-6,9-10H,4,7-8,11,19H2. The zero-order valence-electron chi connectivity index (χ0n) is 11.5. The molecule has 0 unspecified atom stereocenters. The molecular weight excluding hydrogens is 309 g/mol. The smallest absolute Gasteiger partial charge is 0.142 e. The highest BCUT2D eigenvalue weighted by atomic mass is 35.5. The Morgan fingerprint density at radius 3 is 2.38 bits per heavy atom. The lowest BCUT2D eigenvalue weighted by Gasteiger charge is -2.13. The zero-order valence-corrected chi connectivity index (χ0v) is 13.0. The van der Waals surface area contributed by atoms with Crippen LogP contribution in [-0.2, 0) is 6.54 Å². The van der Waals surface area contributed by atoms with E-state index >= 15 is 0 Å². The van der Waals surface area contributed by atoms with Crippen LogP contribution in [0.4, 0.5) is 0 Å². The van der Waals surface area contributed by atoms with Gasteiger partial charge in [-0.1, -0.05) is 41.4 Å². The molecule has 2 aromatic carbocycles. The minimum Gasteiger partial charge on any atom is -0.493 e. The number of hydrogen-bond acceptors (Lipinski definition) is 3. The van der Waals surface area contributed by atoms with E-state index in [9.17, 15) is 0 Å². The molecule has 112 valence electrons. The number of ether oxygens (including phenoxy) is 2. The van der Waals surface area contributed by atoms with Crippen molar-refractivity contribution in [2.45, 2.75) is 13.0 Å². The fourth-order valence-electron chi connectivity index (χ4n) is 1.87. The van der Waals surface area contributed by atoms with Crippen LogP contribution in [0.2, 0.25) is 10.0 Å². The van der Waals surface area contributed by atoms with Gasteiger partial charge in [-0.2, -0.15) is 0 Å². The Balaban J connectivity index is 1.81. The Kier molecular flexibility index (Phi) is 6.18. The average molecular weight is 326 g/mol. The molecule has 0 aliphatic rings. The maximum atomic E-state index is 6.13. The average Bonchev–Trinajstić information content (AvgIpc) is 2.49. The lowest BCUT2D eigenvalue weighted by atomic mass is 10.2. The molecule has 0 saturated heterocycles. The third-order valence-corrected chi connectivity index (χ3v) is 3.35. The highest BCUT2D eigenvalue weighted by molar-refractivity contribution is 6.35. The molecular formula is C16H17Cl2NO2. The molecule has 0 amide bonds. The van der Waals surface area contributed by atoms with E-state index in [0.29, 0.717) is 35.6 Å². The molecule has 0 saturated carbocycles. The summed E-state index contributed by atoms with van der Waals surface area (Å²) >= 11 is 12.1. The van der Waals surface area contributed by atoms with Gasteiger partial charge in [0.25, 0.3) is 0 Å². The van der Waals surface area contributed by atoms with Gasteiger partial charge in [0.1, 0.15) is 11.5 Å². The van der Waals surface area contributed by atoms with E-state index < -0.39 is 0 Å². The first kappa shape index (κ1) is 16.0. The van der Waals surface area contributed by atoms with Crippen molar-refractivity contribution >= 4 is 23.2 Å². The fourth-order valence-corrected chi connectivity index (χ4v) is 2.46. The van der Waals surface area contributed by atoms with Crippen molar-refractivity contribution in [1.29, 1.82) is 0 Å². The molecule has 0 fully saturated rings. The Hall–Kier alpha value is -1.42. The first-order chi connectivity index (χ1) is 10.2. The second-order valence-corrected chi connectivity index (χ2v) is 5.29. The van der Waals surface area contributed by atoms with Crippen LogP contribution in [-0.4, -0.2) is 13.2 Å². The van der Waals surface area contributed by atoms with Crippen molar-refractivity contribution in [1.82, 2.24) is 0 Å². The molecule has 0 aliphatic carbocycles. The Morgan fingerprint density at radius 2 is 1.67 bits per heavy atom. The van der Waals surface area contributed by atoms with Crippen LogP contribution in [0.3, 0.4) is 0 Å². The Morgan fingerprint density at radius 1 is 0.952 bits per heavy atom. The summed E-state index contributed by atoms with van der Waals surface area (Å²) in [5.74, 6) is 1.45. The van der Waals surface area contributed by atoms with E-state index in [1.165, 1.54) is 0 Å². The summed E-state index contributed by atoms with van der Waals surface area (Å²) in [5.41, 5.74) is 6.48. The number of para-hydroxylation sites is 1. The van der Waals surface area contributed by atoms with E-state index in [1.54, 1.807) is 12.1 Å². The van der Waals surface area contributed by atoms with Gasteiger partial charge in [-0.05, 0) is 24.3 Å². The predicted molar refractivity (Wildman–Crippen MR) is 86.4 cm³/mol. The van der Waals surface area contributed by atoms with Crippen LogP contribution in [0.25, 0.3) is 0 Å². The zero-order chi connectivity index (χ0) is 15.1. The molecule has 2 N–H and O–H groups in total. The van der Waals surface area contributed by atoms with Crippen LogP contribution >= 0.6 is 23.2 Å². The Bertz CT molecular complexity index is 576. The van der Waals surface area contributed by atoms with Gasteiger partial charge in [0.05, 0.1) is 18.2 Å². The topological polar surface area (TPSA) is 44.5 Å². The minimum absolute atomic E-state index is 0.329. The van der Waals surface area contributed by atoms with Gasteiger partial charge in [-0.25, -0.2) is 0 Å². The molecule has 5 heteroatoms. The van der Waals surface area contributed by atoms with Crippen LogP contribution in [0.5, 0.6) is 11.5 Å². The summed E-state index contributed by atoms with van der Waals surface area (Å²) in [4.78, 5) is 0. The molecule has 3 nitrogen and oxygen atoms in total. The fraction of sp³-hybridized carbons (Fsp3) is 0.250. The van der Waals surface area contributed by atoms with Crippen LogP contribution in [0, 0.1) is 0 Å². The van der Waals surface area contributed by atoms with Crippen molar-refractivity contribution in [3.8, 4) is 11.5 Å². The molecule has 21 heavy (non-hydrogen) atoms. The summed E-state index contributed by atoms with van der Waals surface area (Å²) in [6, 6.07) is 13.1. The second-order valence-electron chi connectivity index (χ2n) is 4.44. The number of halogens is 2. The molecule has 0 heterocycles. The molecule has 0 aromatic heterocycles. The first-order valence-corrected chi connectivity index (χ1v) is 7.45. The van der Waals surface area contributed by atoms with Crippen LogP contribution < -0.4 is 15.2 Å². The monoisotopic (exact) mass is 325 g/mol.